The maximum atomic E-state index is 11.4. The van der Waals surface area contributed by atoms with Crippen molar-refractivity contribution in [1.82, 2.24) is 4.90 Å². The molecule has 84 valence electrons. The summed E-state index contributed by atoms with van der Waals surface area (Å²) >= 11 is 0. The minimum atomic E-state index is 0.0656. The molecule has 0 radical (unpaired) electrons. The summed E-state index contributed by atoms with van der Waals surface area (Å²) in [6, 6.07) is 8.19. The van der Waals surface area contributed by atoms with Crippen molar-refractivity contribution in [3.8, 4) is 12.3 Å². The van der Waals surface area contributed by atoms with Crippen LogP contribution >= 0.6 is 0 Å². The van der Waals surface area contributed by atoms with Gasteiger partial charge in [0.2, 0.25) is 5.91 Å². The summed E-state index contributed by atoms with van der Waals surface area (Å²) < 4.78 is 0. The van der Waals surface area contributed by atoms with Crippen LogP contribution in [0.2, 0.25) is 0 Å². The van der Waals surface area contributed by atoms with E-state index in [9.17, 15) is 4.79 Å². The van der Waals surface area contributed by atoms with E-state index in [1.807, 2.05) is 19.1 Å². The van der Waals surface area contributed by atoms with Gasteiger partial charge in [-0.25, -0.2) is 0 Å². The smallest absolute Gasteiger partial charge is 0.219 e. The molecule has 0 spiro atoms. The zero-order valence-electron chi connectivity index (χ0n) is 9.86. The second-order valence-electron chi connectivity index (χ2n) is 3.88. The third-order valence-corrected chi connectivity index (χ3v) is 2.47. The van der Waals surface area contributed by atoms with Gasteiger partial charge >= 0.3 is 0 Å². The summed E-state index contributed by atoms with van der Waals surface area (Å²) in [5, 5.41) is 0. The lowest BCUT2D eigenvalue weighted by molar-refractivity contribution is -0.129. The molecular weight excluding hydrogens is 198 g/mol. The lowest BCUT2D eigenvalue weighted by Crippen LogP contribution is -2.29. The van der Waals surface area contributed by atoms with Gasteiger partial charge in [0.1, 0.15) is 0 Å². The minimum absolute atomic E-state index is 0.0656. The van der Waals surface area contributed by atoms with E-state index in [0.29, 0.717) is 19.5 Å². The summed E-state index contributed by atoms with van der Waals surface area (Å²) in [5.41, 5.74) is 2.36. The molecule has 1 amide bonds. The van der Waals surface area contributed by atoms with E-state index in [1.54, 1.807) is 11.8 Å². The molecule has 0 N–H and O–H groups in total. The fourth-order valence-corrected chi connectivity index (χ4v) is 1.46. The predicted molar refractivity (Wildman–Crippen MR) is 65.7 cm³/mol. The first kappa shape index (κ1) is 12.3. The third-order valence-electron chi connectivity index (χ3n) is 2.47. The summed E-state index contributed by atoms with van der Waals surface area (Å²) in [6.45, 7) is 4.88. The molecule has 0 bridgehead atoms. The molecule has 0 aliphatic heterocycles. The molecule has 0 saturated heterocycles. The Labute approximate surface area is 97.3 Å². The Morgan fingerprint density at radius 2 is 2.00 bits per heavy atom. The van der Waals surface area contributed by atoms with Crippen molar-refractivity contribution >= 4 is 5.91 Å². The first-order valence-electron chi connectivity index (χ1n) is 5.38. The van der Waals surface area contributed by atoms with Crippen LogP contribution in [0.25, 0.3) is 0 Å². The number of hydrogen-bond acceptors (Lipinski definition) is 1. The number of aryl methyl sites for hydroxylation is 1. The minimum Gasteiger partial charge on any atom is -0.338 e. The van der Waals surface area contributed by atoms with Crippen LogP contribution in [0.4, 0.5) is 0 Å². The number of carbonyl (C=O) groups is 1. The van der Waals surface area contributed by atoms with E-state index < -0.39 is 0 Å². The van der Waals surface area contributed by atoms with Crippen LogP contribution in [-0.4, -0.2) is 17.4 Å². The Morgan fingerprint density at radius 1 is 1.38 bits per heavy atom. The lowest BCUT2D eigenvalue weighted by Gasteiger charge is -2.20. The van der Waals surface area contributed by atoms with Crippen LogP contribution in [0.5, 0.6) is 0 Å². The molecule has 2 heteroatoms. The van der Waals surface area contributed by atoms with Crippen LogP contribution in [0.1, 0.15) is 24.5 Å². The van der Waals surface area contributed by atoms with Gasteiger partial charge in [0.05, 0.1) is 0 Å². The molecule has 16 heavy (non-hydrogen) atoms. The van der Waals surface area contributed by atoms with Crippen molar-refractivity contribution < 1.29 is 4.79 Å². The largest absolute Gasteiger partial charge is 0.338 e. The molecule has 0 aliphatic rings. The lowest BCUT2D eigenvalue weighted by atomic mass is 10.1. The van der Waals surface area contributed by atoms with Crippen LogP contribution in [0.3, 0.4) is 0 Å². The van der Waals surface area contributed by atoms with Crippen molar-refractivity contribution in [3.63, 3.8) is 0 Å². The molecule has 0 saturated carbocycles. The molecule has 1 rings (SSSR count). The van der Waals surface area contributed by atoms with Crippen molar-refractivity contribution in [2.45, 2.75) is 26.8 Å². The normalized spacial score (nSPS) is 9.56. The summed E-state index contributed by atoms with van der Waals surface area (Å²) in [7, 11) is 0. The van der Waals surface area contributed by atoms with Crippen LogP contribution in [-0.2, 0) is 11.3 Å². The first-order chi connectivity index (χ1) is 7.63. The highest BCUT2D eigenvalue weighted by molar-refractivity contribution is 5.73. The average molecular weight is 215 g/mol. The average Bonchev–Trinajstić information content (AvgIpc) is 2.26. The Morgan fingerprint density at radius 3 is 2.50 bits per heavy atom. The summed E-state index contributed by atoms with van der Waals surface area (Å²) in [6.07, 6.45) is 5.80. The molecule has 0 aromatic heterocycles. The molecule has 0 unspecified atom stereocenters. The number of nitrogens with zero attached hydrogens (tertiary/aromatic N) is 1. The van der Waals surface area contributed by atoms with E-state index in [2.05, 4.69) is 18.1 Å². The zero-order chi connectivity index (χ0) is 12.0. The van der Waals surface area contributed by atoms with Gasteiger partial charge in [-0.3, -0.25) is 4.79 Å². The van der Waals surface area contributed by atoms with Gasteiger partial charge in [-0.1, -0.05) is 29.8 Å². The number of benzene rings is 1. The Kier molecular flexibility index (Phi) is 4.60. The fourth-order valence-electron chi connectivity index (χ4n) is 1.46. The maximum Gasteiger partial charge on any atom is 0.219 e. The van der Waals surface area contributed by atoms with E-state index in [-0.39, 0.29) is 5.91 Å². The van der Waals surface area contributed by atoms with Crippen molar-refractivity contribution in [2.24, 2.45) is 0 Å². The highest BCUT2D eigenvalue weighted by atomic mass is 16.2. The topological polar surface area (TPSA) is 20.3 Å². The van der Waals surface area contributed by atoms with Gasteiger partial charge in [-0.15, -0.1) is 12.3 Å². The molecule has 1 aromatic carbocycles. The van der Waals surface area contributed by atoms with Crippen LogP contribution in [0.15, 0.2) is 24.3 Å². The molecular formula is C14H17NO. The monoisotopic (exact) mass is 215 g/mol. The van der Waals surface area contributed by atoms with Gasteiger partial charge in [-0.05, 0) is 12.5 Å². The number of rotatable bonds is 4. The zero-order valence-corrected chi connectivity index (χ0v) is 9.86. The standard InChI is InChI=1S/C14H17NO/c1-4-5-10-15(13(3)16)11-14-8-6-12(2)7-9-14/h1,6-9H,5,10-11H2,2-3H3. The number of terminal acetylenes is 1. The first-order valence-corrected chi connectivity index (χ1v) is 5.38. The van der Waals surface area contributed by atoms with E-state index in [1.165, 1.54) is 5.56 Å². The SMILES string of the molecule is C#CCCN(Cc1ccc(C)cc1)C(C)=O. The van der Waals surface area contributed by atoms with Gasteiger partial charge in [-0.2, -0.15) is 0 Å². The molecule has 1 aromatic rings. The number of carbonyl (C=O) groups excluding carboxylic acids is 1. The van der Waals surface area contributed by atoms with Gasteiger partial charge in [0.25, 0.3) is 0 Å². The Balaban J connectivity index is 2.64. The second kappa shape index (κ2) is 5.97. The molecule has 0 heterocycles. The molecule has 0 aliphatic carbocycles. The molecule has 0 fully saturated rings. The van der Waals surface area contributed by atoms with Gasteiger partial charge < -0.3 is 4.90 Å². The Bertz CT molecular complexity index is 386. The number of amides is 1. The van der Waals surface area contributed by atoms with Crippen molar-refractivity contribution in [3.05, 3.63) is 35.4 Å². The molecule has 0 atom stereocenters. The highest BCUT2D eigenvalue weighted by Crippen LogP contribution is 2.07. The number of hydrogen-bond donors (Lipinski definition) is 0. The highest BCUT2D eigenvalue weighted by Gasteiger charge is 2.07. The van der Waals surface area contributed by atoms with E-state index in [4.69, 9.17) is 6.42 Å². The van der Waals surface area contributed by atoms with Gasteiger partial charge in [0, 0.05) is 26.4 Å². The van der Waals surface area contributed by atoms with E-state index >= 15 is 0 Å². The Hall–Kier alpha value is -1.75. The van der Waals surface area contributed by atoms with Crippen LogP contribution in [0, 0.1) is 19.3 Å². The fraction of sp³-hybridized carbons (Fsp3) is 0.357. The summed E-state index contributed by atoms with van der Waals surface area (Å²) in [4.78, 5) is 13.1. The van der Waals surface area contributed by atoms with E-state index in [0.717, 1.165) is 5.56 Å². The molecule has 2 nitrogen and oxygen atoms in total. The van der Waals surface area contributed by atoms with Crippen molar-refractivity contribution in [2.75, 3.05) is 6.54 Å². The van der Waals surface area contributed by atoms with Gasteiger partial charge in [0.15, 0.2) is 0 Å². The van der Waals surface area contributed by atoms with Crippen molar-refractivity contribution in [1.29, 1.82) is 0 Å². The second-order valence-corrected chi connectivity index (χ2v) is 3.88. The predicted octanol–water partition coefficient (Wildman–Crippen LogP) is 2.37. The quantitative estimate of drug-likeness (QED) is 0.706. The van der Waals surface area contributed by atoms with Crippen LogP contribution < -0.4 is 0 Å². The summed E-state index contributed by atoms with van der Waals surface area (Å²) in [5.74, 6) is 2.62. The maximum absolute atomic E-state index is 11.4. The third kappa shape index (κ3) is 3.78.